The zero-order valence-electron chi connectivity index (χ0n) is 13.5. The first-order chi connectivity index (χ1) is 11.0. The molecule has 0 aromatic heterocycles. The minimum absolute atomic E-state index is 0. The third-order valence-corrected chi connectivity index (χ3v) is 5.14. The molecule has 4 atom stereocenters. The Morgan fingerprint density at radius 3 is 2.46 bits per heavy atom. The SMILES string of the molecule is [CH2-]CC/C=C\C[C@@H]1[C@@H](COc2cc(Cl)cc(Cl)c2)[C@H](O)C[C@H]1Cl.[Y]. The van der Waals surface area contributed by atoms with E-state index in [9.17, 15) is 5.11 Å². The Hall–Kier alpha value is 0.694. The number of halogens is 3. The minimum atomic E-state index is -0.446. The van der Waals surface area contributed by atoms with Crippen LogP contribution in [0.3, 0.4) is 0 Å². The smallest absolute Gasteiger partial charge is 0.122 e. The van der Waals surface area contributed by atoms with Gasteiger partial charge in [-0.1, -0.05) is 41.8 Å². The van der Waals surface area contributed by atoms with Gasteiger partial charge in [-0.2, -0.15) is 6.42 Å². The second kappa shape index (κ2) is 11.4. The summed E-state index contributed by atoms with van der Waals surface area (Å²) >= 11 is 18.4. The van der Waals surface area contributed by atoms with Crippen molar-refractivity contribution in [3.8, 4) is 5.75 Å². The maximum Gasteiger partial charge on any atom is 0.122 e. The van der Waals surface area contributed by atoms with Gasteiger partial charge in [-0.05, 0) is 37.0 Å². The normalized spacial score (nSPS) is 26.5. The van der Waals surface area contributed by atoms with Gasteiger partial charge < -0.3 is 16.8 Å². The first kappa shape index (κ1) is 22.7. The fourth-order valence-corrected chi connectivity index (χ4v) is 3.96. The Morgan fingerprint density at radius 2 is 1.83 bits per heavy atom. The van der Waals surface area contributed by atoms with Crippen molar-refractivity contribution < 1.29 is 42.6 Å². The number of hydrogen-bond donors (Lipinski definition) is 1. The van der Waals surface area contributed by atoms with E-state index < -0.39 is 6.10 Å². The fourth-order valence-electron chi connectivity index (χ4n) is 2.98. The summed E-state index contributed by atoms with van der Waals surface area (Å²) in [5.74, 6) is 0.807. The van der Waals surface area contributed by atoms with Gasteiger partial charge in [-0.25, -0.2) is 0 Å². The summed E-state index contributed by atoms with van der Waals surface area (Å²) in [7, 11) is 0. The van der Waals surface area contributed by atoms with Crippen molar-refractivity contribution in [3.05, 3.63) is 47.3 Å². The molecular formula is C18H22Cl3O2Y-. The molecule has 1 N–H and O–H groups in total. The molecule has 0 spiro atoms. The second-order valence-corrected chi connectivity index (χ2v) is 7.35. The third kappa shape index (κ3) is 6.78. The minimum Gasteiger partial charge on any atom is -0.493 e. The summed E-state index contributed by atoms with van der Waals surface area (Å²) in [6.45, 7) is 4.21. The van der Waals surface area contributed by atoms with Crippen LogP contribution in [-0.2, 0) is 32.7 Å². The van der Waals surface area contributed by atoms with Crippen LogP contribution in [0.1, 0.15) is 25.7 Å². The number of unbranched alkanes of at least 4 members (excludes halogenated alkanes) is 1. The van der Waals surface area contributed by atoms with Crippen molar-refractivity contribution in [2.24, 2.45) is 11.8 Å². The number of allylic oxidation sites excluding steroid dienone is 2. The van der Waals surface area contributed by atoms with Crippen molar-refractivity contribution in [1.82, 2.24) is 0 Å². The first-order valence-electron chi connectivity index (χ1n) is 7.86. The maximum atomic E-state index is 10.3. The second-order valence-electron chi connectivity index (χ2n) is 5.91. The van der Waals surface area contributed by atoms with Gasteiger partial charge in [0, 0.05) is 54.0 Å². The topological polar surface area (TPSA) is 29.5 Å². The summed E-state index contributed by atoms with van der Waals surface area (Å²) in [4.78, 5) is 0. The third-order valence-electron chi connectivity index (χ3n) is 4.20. The number of aliphatic hydroxyl groups is 1. The molecule has 2 nitrogen and oxygen atoms in total. The number of ether oxygens (including phenoxy) is 1. The van der Waals surface area contributed by atoms with Crippen LogP contribution in [0.2, 0.25) is 10.0 Å². The van der Waals surface area contributed by atoms with Gasteiger partial charge in [-0.3, -0.25) is 0 Å². The van der Waals surface area contributed by atoms with Crippen LogP contribution in [-0.4, -0.2) is 23.2 Å². The average molecular weight is 466 g/mol. The summed E-state index contributed by atoms with van der Waals surface area (Å²) in [5, 5.41) is 11.3. The molecular weight excluding hydrogens is 443 g/mol. The van der Waals surface area contributed by atoms with Gasteiger partial charge >= 0.3 is 0 Å². The van der Waals surface area contributed by atoms with Crippen molar-refractivity contribution in [1.29, 1.82) is 0 Å². The average Bonchev–Trinajstić information content (AvgIpc) is 2.74. The van der Waals surface area contributed by atoms with Crippen LogP contribution < -0.4 is 4.74 Å². The van der Waals surface area contributed by atoms with Crippen LogP contribution in [0.5, 0.6) is 5.75 Å². The fraction of sp³-hybridized carbons (Fsp3) is 0.500. The molecule has 1 aliphatic rings. The summed E-state index contributed by atoms with van der Waals surface area (Å²) < 4.78 is 5.81. The maximum absolute atomic E-state index is 10.3. The van der Waals surface area contributed by atoms with Crippen LogP contribution in [0.4, 0.5) is 0 Å². The predicted octanol–water partition coefficient (Wildman–Crippen LogP) is 5.53. The Balaban J connectivity index is 0.00000288. The van der Waals surface area contributed by atoms with E-state index in [1.54, 1.807) is 18.2 Å². The molecule has 131 valence electrons. The molecule has 1 radical (unpaired) electrons. The number of alkyl halides is 1. The van der Waals surface area contributed by atoms with E-state index >= 15 is 0 Å². The van der Waals surface area contributed by atoms with Crippen molar-refractivity contribution in [2.75, 3.05) is 6.61 Å². The molecule has 0 saturated heterocycles. The molecule has 1 aromatic rings. The van der Waals surface area contributed by atoms with Gasteiger partial charge in [0.05, 0.1) is 12.7 Å². The van der Waals surface area contributed by atoms with Crippen LogP contribution in [0.15, 0.2) is 30.4 Å². The van der Waals surface area contributed by atoms with Gasteiger partial charge in [0.2, 0.25) is 0 Å². The summed E-state index contributed by atoms with van der Waals surface area (Å²) in [5.41, 5.74) is 0. The molecule has 1 fully saturated rings. The largest absolute Gasteiger partial charge is 0.493 e. The van der Waals surface area contributed by atoms with E-state index in [1.807, 2.05) is 0 Å². The van der Waals surface area contributed by atoms with Crippen molar-refractivity contribution in [3.63, 3.8) is 0 Å². The molecule has 0 unspecified atom stereocenters. The van der Waals surface area contributed by atoms with Gasteiger partial charge in [0.25, 0.3) is 0 Å². The molecule has 24 heavy (non-hydrogen) atoms. The number of hydrogen-bond acceptors (Lipinski definition) is 2. The molecule has 1 saturated carbocycles. The van der Waals surface area contributed by atoms with E-state index in [1.165, 1.54) is 0 Å². The monoisotopic (exact) mass is 464 g/mol. The van der Waals surface area contributed by atoms with E-state index in [4.69, 9.17) is 39.5 Å². The van der Waals surface area contributed by atoms with Crippen molar-refractivity contribution >= 4 is 34.8 Å². The van der Waals surface area contributed by atoms with Crippen LogP contribution in [0, 0.1) is 18.8 Å². The first-order valence-corrected chi connectivity index (χ1v) is 9.05. The quantitative estimate of drug-likeness (QED) is 0.326. The Morgan fingerprint density at radius 1 is 1.17 bits per heavy atom. The number of aliphatic hydroxyl groups excluding tert-OH is 1. The van der Waals surface area contributed by atoms with E-state index in [2.05, 4.69) is 19.1 Å². The Labute approximate surface area is 184 Å². The number of rotatable bonds is 7. The van der Waals surface area contributed by atoms with Gasteiger partial charge in [0.1, 0.15) is 5.75 Å². The van der Waals surface area contributed by atoms with Gasteiger partial charge in [-0.15, -0.1) is 11.6 Å². The van der Waals surface area contributed by atoms with E-state index in [-0.39, 0.29) is 49.9 Å². The zero-order valence-corrected chi connectivity index (χ0v) is 18.6. The molecule has 1 aliphatic carbocycles. The molecule has 2 rings (SSSR count). The Kier molecular flexibility index (Phi) is 10.8. The summed E-state index contributed by atoms with van der Waals surface area (Å²) in [6.07, 6.45) is 7.09. The molecule has 6 heteroatoms. The van der Waals surface area contributed by atoms with Crippen molar-refractivity contribution in [2.45, 2.75) is 37.2 Å². The molecule has 0 amide bonds. The molecule has 1 aromatic carbocycles. The zero-order chi connectivity index (χ0) is 16.8. The summed E-state index contributed by atoms with van der Waals surface area (Å²) in [6, 6.07) is 5.09. The van der Waals surface area contributed by atoms with E-state index in [0.29, 0.717) is 28.8 Å². The standard InChI is InChI=1S/C18H22Cl3O2.Y/c1-2-3-4-5-6-15-16(18(22)10-17(15)21)11-23-14-8-12(19)7-13(20)9-14;/h4-5,7-9,15-18,22H,1-3,6,10-11H2;/q-1;/b5-4-;/t15-,16-,17-,18-;/m1./s1. The molecule has 0 heterocycles. The van der Waals surface area contributed by atoms with Gasteiger partial charge in [0.15, 0.2) is 0 Å². The Bertz CT molecular complexity index is 519. The molecule has 0 bridgehead atoms. The predicted molar refractivity (Wildman–Crippen MR) is 97.5 cm³/mol. The van der Waals surface area contributed by atoms with E-state index in [0.717, 1.165) is 19.3 Å². The van der Waals surface area contributed by atoms with Crippen LogP contribution in [0.25, 0.3) is 0 Å². The van der Waals surface area contributed by atoms with Crippen LogP contribution >= 0.6 is 34.8 Å². The molecule has 0 aliphatic heterocycles. The number of benzene rings is 1.